The molecule has 4 rings (SSSR count). The Bertz CT molecular complexity index is 1670. The molecule has 9 nitrogen and oxygen atoms in total. The van der Waals surface area contributed by atoms with Crippen LogP contribution in [0.5, 0.6) is 5.75 Å². The number of rotatable bonds is 11. The number of amides is 2. The van der Waals surface area contributed by atoms with Crippen LogP contribution in [0.1, 0.15) is 35.3 Å². The maximum atomic E-state index is 13.6. The number of nitrogens with zero attached hydrogens (tertiary/aromatic N) is 2. The molecule has 0 spiro atoms. The Morgan fingerprint density at radius 3 is 2.19 bits per heavy atom. The second-order valence-electron chi connectivity index (χ2n) is 9.38. The fourth-order valence-corrected chi connectivity index (χ4v) is 5.44. The normalized spacial score (nSPS) is 11.5. The zero-order valence-corrected chi connectivity index (χ0v) is 24.4. The topological polar surface area (TPSA) is 117 Å². The number of ether oxygens (including phenoxy) is 1. The third-order valence-corrected chi connectivity index (χ3v) is 8.04. The van der Waals surface area contributed by atoms with Gasteiger partial charge in [0.05, 0.1) is 22.9 Å². The van der Waals surface area contributed by atoms with Crippen molar-refractivity contribution >= 4 is 38.9 Å². The third-order valence-electron chi connectivity index (χ3n) is 6.25. The highest BCUT2D eigenvalue weighted by atomic mass is 32.2. The van der Waals surface area contributed by atoms with Gasteiger partial charge >= 0.3 is 0 Å². The molecule has 2 amide bonds. The molecule has 10 heteroatoms. The summed E-state index contributed by atoms with van der Waals surface area (Å²) in [6, 6.07) is 28.8. The van der Waals surface area contributed by atoms with Crippen molar-refractivity contribution in [2.75, 3.05) is 22.8 Å². The number of carbonyl (C=O) groups is 2. The summed E-state index contributed by atoms with van der Waals surface area (Å²) in [5, 5.41) is 7.03. The van der Waals surface area contributed by atoms with Crippen LogP contribution in [0, 0.1) is 6.92 Å². The summed E-state index contributed by atoms with van der Waals surface area (Å²) in [7, 11) is -4.08. The van der Waals surface area contributed by atoms with Gasteiger partial charge in [0.15, 0.2) is 0 Å². The van der Waals surface area contributed by atoms with E-state index in [0.29, 0.717) is 40.6 Å². The first kappa shape index (κ1) is 30.0. The highest BCUT2D eigenvalue weighted by Crippen LogP contribution is 2.26. The second kappa shape index (κ2) is 13.6. The summed E-state index contributed by atoms with van der Waals surface area (Å²) in [4.78, 5) is 25.6. The summed E-state index contributed by atoms with van der Waals surface area (Å²) < 4.78 is 33.8. The Kier molecular flexibility index (Phi) is 9.72. The maximum absolute atomic E-state index is 13.6. The van der Waals surface area contributed by atoms with Crippen LogP contribution in [0.25, 0.3) is 0 Å². The number of nitrogens with one attached hydrogen (secondary N) is 2. The first-order chi connectivity index (χ1) is 20.2. The van der Waals surface area contributed by atoms with E-state index < -0.39 is 22.5 Å². The summed E-state index contributed by atoms with van der Waals surface area (Å²) in [5.74, 6) is -0.298. The maximum Gasteiger partial charge on any atom is 0.264 e. The van der Waals surface area contributed by atoms with Gasteiger partial charge < -0.3 is 10.1 Å². The molecular formula is C32H32N4O5S. The van der Waals surface area contributed by atoms with E-state index in [4.69, 9.17) is 4.74 Å². The van der Waals surface area contributed by atoms with Crippen LogP contribution in [0.3, 0.4) is 0 Å². The van der Waals surface area contributed by atoms with E-state index in [1.54, 1.807) is 91.9 Å². The van der Waals surface area contributed by atoms with E-state index >= 15 is 0 Å². The van der Waals surface area contributed by atoms with Crippen LogP contribution in [0.2, 0.25) is 0 Å². The average molecular weight is 585 g/mol. The van der Waals surface area contributed by atoms with Crippen molar-refractivity contribution in [3.05, 3.63) is 120 Å². The fourth-order valence-electron chi connectivity index (χ4n) is 4.02. The Hall–Kier alpha value is -4.96. The van der Waals surface area contributed by atoms with E-state index in [2.05, 4.69) is 15.8 Å². The van der Waals surface area contributed by atoms with Crippen LogP contribution in [-0.4, -0.2) is 39.1 Å². The molecule has 0 saturated carbocycles. The van der Waals surface area contributed by atoms with Crippen molar-refractivity contribution in [1.82, 2.24) is 5.43 Å². The van der Waals surface area contributed by atoms with Crippen molar-refractivity contribution in [2.24, 2.45) is 5.10 Å². The Labute approximate surface area is 245 Å². The van der Waals surface area contributed by atoms with Crippen LogP contribution < -0.4 is 19.8 Å². The summed E-state index contributed by atoms with van der Waals surface area (Å²) in [5.41, 5.74) is 5.89. The van der Waals surface area contributed by atoms with Crippen molar-refractivity contribution in [2.45, 2.75) is 25.7 Å². The molecule has 4 aromatic carbocycles. The fraction of sp³-hybridized carbons (Fsp3) is 0.156. The highest BCUT2D eigenvalue weighted by Gasteiger charge is 2.27. The summed E-state index contributed by atoms with van der Waals surface area (Å²) >= 11 is 0. The van der Waals surface area contributed by atoms with E-state index in [1.165, 1.54) is 12.1 Å². The van der Waals surface area contributed by atoms with Crippen molar-refractivity contribution < 1.29 is 22.7 Å². The van der Waals surface area contributed by atoms with E-state index in [0.717, 1.165) is 9.87 Å². The van der Waals surface area contributed by atoms with Gasteiger partial charge in [0.1, 0.15) is 12.3 Å². The number of hydrogen-bond donors (Lipinski definition) is 2. The molecule has 216 valence electrons. The van der Waals surface area contributed by atoms with Gasteiger partial charge in [0.25, 0.3) is 21.8 Å². The van der Waals surface area contributed by atoms with Gasteiger partial charge in [-0.05, 0) is 87.0 Å². The second-order valence-corrected chi connectivity index (χ2v) is 11.2. The van der Waals surface area contributed by atoms with Crippen LogP contribution >= 0.6 is 0 Å². The first-order valence-electron chi connectivity index (χ1n) is 13.3. The highest BCUT2D eigenvalue weighted by molar-refractivity contribution is 7.92. The molecule has 0 saturated heterocycles. The standard InChI is InChI=1S/C32H32N4O5S/c1-4-41-29-17-15-28(16-18-29)36(42(39,40)30-19-13-23(2)14-20-30)22-31(37)35-34-24(3)26-11-8-12-27(21-26)33-32(38)25-9-6-5-7-10-25/h5-21H,4,22H2,1-3H3,(H,33,38)(H,35,37)/b34-24-. The molecule has 0 unspecified atom stereocenters. The zero-order chi connectivity index (χ0) is 30.1. The number of hydrazone groups is 1. The number of aryl methyl sites for hydroxylation is 1. The minimum Gasteiger partial charge on any atom is -0.494 e. The van der Waals surface area contributed by atoms with Gasteiger partial charge in [0, 0.05) is 11.3 Å². The average Bonchev–Trinajstić information content (AvgIpc) is 3.00. The number of carbonyl (C=O) groups excluding carboxylic acids is 2. The Balaban J connectivity index is 1.51. The van der Waals surface area contributed by atoms with E-state index in [1.807, 2.05) is 19.9 Å². The molecular weight excluding hydrogens is 552 g/mol. The van der Waals surface area contributed by atoms with Gasteiger partial charge in [-0.2, -0.15) is 5.10 Å². The molecule has 0 atom stereocenters. The molecule has 0 bridgehead atoms. The number of hydrogen-bond acceptors (Lipinski definition) is 6. The molecule has 0 aliphatic rings. The Morgan fingerprint density at radius 1 is 0.857 bits per heavy atom. The lowest BCUT2D eigenvalue weighted by Crippen LogP contribution is -2.39. The van der Waals surface area contributed by atoms with E-state index in [-0.39, 0.29) is 10.8 Å². The number of anilines is 2. The molecule has 4 aromatic rings. The molecule has 0 aromatic heterocycles. The molecule has 0 aliphatic carbocycles. The van der Waals surface area contributed by atoms with Gasteiger partial charge in [-0.1, -0.05) is 48.0 Å². The minimum absolute atomic E-state index is 0.0591. The molecule has 42 heavy (non-hydrogen) atoms. The van der Waals surface area contributed by atoms with E-state index in [9.17, 15) is 18.0 Å². The zero-order valence-electron chi connectivity index (χ0n) is 23.6. The Morgan fingerprint density at radius 2 is 1.52 bits per heavy atom. The third kappa shape index (κ3) is 7.61. The molecule has 0 aliphatic heterocycles. The first-order valence-corrected chi connectivity index (χ1v) is 14.7. The van der Waals surface area contributed by atoms with Gasteiger partial charge in [-0.15, -0.1) is 0 Å². The molecule has 0 fully saturated rings. The summed E-state index contributed by atoms with van der Waals surface area (Å²) in [6.45, 7) is 5.37. The largest absolute Gasteiger partial charge is 0.494 e. The lowest BCUT2D eigenvalue weighted by Gasteiger charge is -2.24. The summed E-state index contributed by atoms with van der Waals surface area (Å²) in [6.07, 6.45) is 0. The number of benzene rings is 4. The van der Waals surface area contributed by atoms with Crippen LogP contribution in [-0.2, 0) is 14.8 Å². The van der Waals surface area contributed by atoms with Crippen molar-refractivity contribution in [3.63, 3.8) is 0 Å². The van der Waals surface area contributed by atoms with Crippen LogP contribution in [0.4, 0.5) is 11.4 Å². The van der Waals surface area contributed by atoms with Crippen LogP contribution in [0.15, 0.2) is 113 Å². The molecule has 0 heterocycles. The SMILES string of the molecule is CCOc1ccc(N(CC(=O)N/N=C(/C)c2cccc(NC(=O)c3ccccc3)c2)S(=O)(=O)c2ccc(C)cc2)cc1. The van der Waals surface area contributed by atoms with Gasteiger partial charge in [-0.25, -0.2) is 13.8 Å². The lowest BCUT2D eigenvalue weighted by molar-refractivity contribution is -0.119. The lowest BCUT2D eigenvalue weighted by atomic mass is 10.1. The minimum atomic E-state index is -4.08. The predicted octanol–water partition coefficient (Wildman–Crippen LogP) is 5.38. The van der Waals surface area contributed by atoms with Crippen molar-refractivity contribution in [3.8, 4) is 5.75 Å². The number of sulfonamides is 1. The van der Waals surface area contributed by atoms with Gasteiger partial charge in [0.2, 0.25) is 0 Å². The molecule has 2 N–H and O–H groups in total. The van der Waals surface area contributed by atoms with Crippen molar-refractivity contribution in [1.29, 1.82) is 0 Å². The molecule has 0 radical (unpaired) electrons. The monoisotopic (exact) mass is 584 g/mol. The quantitative estimate of drug-likeness (QED) is 0.181. The smallest absolute Gasteiger partial charge is 0.264 e. The predicted molar refractivity (Wildman–Crippen MR) is 165 cm³/mol. The van der Waals surface area contributed by atoms with Gasteiger partial charge in [-0.3, -0.25) is 13.9 Å².